The Kier molecular flexibility index (Phi) is 5.17. The maximum absolute atomic E-state index is 12.1. The van der Waals surface area contributed by atoms with E-state index in [9.17, 15) is 19.8 Å². The number of rotatable bonds is 6. The van der Waals surface area contributed by atoms with Gasteiger partial charge in [-0.05, 0) is 6.92 Å². The summed E-state index contributed by atoms with van der Waals surface area (Å²) in [5.74, 6) is -0.730. The molecule has 0 saturated carbocycles. The van der Waals surface area contributed by atoms with E-state index in [0.29, 0.717) is 17.1 Å². The van der Waals surface area contributed by atoms with Crippen LogP contribution in [-0.2, 0) is 10.5 Å². The predicted octanol–water partition coefficient (Wildman–Crippen LogP) is 1.49. The molecule has 0 unspecified atom stereocenters. The van der Waals surface area contributed by atoms with Crippen LogP contribution < -0.4 is 10.2 Å². The number of phenols is 1. The van der Waals surface area contributed by atoms with Gasteiger partial charge in [-0.25, -0.2) is 4.79 Å². The third-order valence-corrected chi connectivity index (χ3v) is 4.25. The molecule has 124 valence electrons. The number of carbonyl (C=O) groups is 1. The summed E-state index contributed by atoms with van der Waals surface area (Å²) < 4.78 is 10.6. The number of thioether (sulfide) groups is 1. The van der Waals surface area contributed by atoms with Crippen molar-refractivity contribution in [3.05, 3.63) is 33.7 Å². The molecule has 7 nitrogen and oxygen atoms in total. The van der Waals surface area contributed by atoms with Crippen LogP contribution in [0, 0.1) is 6.92 Å². The zero-order valence-corrected chi connectivity index (χ0v) is 13.3. The van der Waals surface area contributed by atoms with Crippen LogP contribution in [0.2, 0.25) is 0 Å². The number of carboxylic acid groups (broad SMARTS) is 1. The van der Waals surface area contributed by atoms with E-state index < -0.39 is 12.1 Å². The average molecular weight is 340 g/mol. The van der Waals surface area contributed by atoms with Gasteiger partial charge in [-0.15, -0.1) is 0 Å². The Morgan fingerprint density at radius 3 is 2.74 bits per heavy atom. The molecule has 0 aliphatic carbocycles. The van der Waals surface area contributed by atoms with Crippen LogP contribution >= 0.6 is 11.8 Å². The van der Waals surface area contributed by atoms with E-state index in [1.807, 2.05) is 0 Å². The van der Waals surface area contributed by atoms with Crippen LogP contribution in [0.5, 0.6) is 11.5 Å². The Morgan fingerprint density at radius 1 is 1.43 bits per heavy atom. The molecule has 0 amide bonds. The molecule has 0 aliphatic heterocycles. The van der Waals surface area contributed by atoms with Crippen molar-refractivity contribution in [3.63, 3.8) is 0 Å². The van der Waals surface area contributed by atoms with Crippen molar-refractivity contribution >= 4 is 28.7 Å². The molecule has 2 rings (SSSR count). The first-order valence-electron chi connectivity index (χ1n) is 6.67. The van der Waals surface area contributed by atoms with Crippen molar-refractivity contribution in [1.29, 1.82) is 0 Å². The number of carboxylic acids is 1. The van der Waals surface area contributed by atoms with E-state index in [0.717, 1.165) is 11.8 Å². The Balaban J connectivity index is 2.41. The number of phenolic OH excluding ortho intramolecular Hbond substituents is 1. The maximum atomic E-state index is 12.1. The van der Waals surface area contributed by atoms with E-state index in [4.69, 9.17) is 14.3 Å². The standard InChI is InChI=1S/C15H16O7S/c1-7-3-9(16)13-12(22-7)4-11(21-2)8(14(13)18)5-23-6-10(17)15(19)20/h3-4,10,17-18H,5-6H2,1-2H3,(H,19,20)/t10-/m0/s1. The van der Waals surface area contributed by atoms with Gasteiger partial charge in [-0.3, -0.25) is 4.79 Å². The number of aliphatic carboxylic acids is 1. The van der Waals surface area contributed by atoms with Gasteiger partial charge in [0.25, 0.3) is 0 Å². The Labute approximate surface area is 135 Å². The number of benzene rings is 1. The molecular weight excluding hydrogens is 324 g/mol. The lowest BCUT2D eigenvalue weighted by molar-refractivity contribution is -0.145. The van der Waals surface area contributed by atoms with Crippen molar-refractivity contribution in [3.8, 4) is 11.5 Å². The minimum absolute atomic E-state index is 0.0470. The summed E-state index contributed by atoms with van der Waals surface area (Å²) in [6.07, 6.45) is -1.50. The van der Waals surface area contributed by atoms with Crippen molar-refractivity contribution in [2.45, 2.75) is 18.8 Å². The average Bonchev–Trinajstić information content (AvgIpc) is 2.47. The summed E-state index contributed by atoms with van der Waals surface area (Å²) in [5.41, 5.74) is 0.183. The molecule has 23 heavy (non-hydrogen) atoms. The molecule has 0 radical (unpaired) electrons. The maximum Gasteiger partial charge on any atom is 0.333 e. The molecule has 2 aromatic rings. The highest BCUT2D eigenvalue weighted by Gasteiger charge is 2.19. The first-order valence-corrected chi connectivity index (χ1v) is 7.82. The highest BCUT2D eigenvalue weighted by Crippen LogP contribution is 2.37. The van der Waals surface area contributed by atoms with Crippen molar-refractivity contribution in [2.75, 3.05) is 12.9 Å². The molecule has 1 atom stereocenters. The van der Waals surface area contributed by atoms with E-state index in [1.165, 1.54) is 19.2 Å². The summed E-state index contributed by atoms with van der Waals surface area (Å²) in [5, 5.41) is 28.3. The van der Waals surface area contributed by atoms with Gasteiger partial charge in [0.2, 0.25) is 0 Å². The number of aryl methyl sites for hydroxylation is 1. The molecule has 8 heteroatoms. The fourth-order valence-corrected chi connectivity index (χ4v) is 3.07. The topological polar surface area (TPSA) is 117 Å². The molecule has 0 saturated heterocycles. The van der Waals surface area contributed by atoms with Crippen LogP contribution in [0.15, 0.2) is 21.3 Å². The number of hydrogen-bond donors (Lipinski definition) is 3. The number of aromatic hydroxyl groups is 1. The van der Waals surface area contributed by atoms with Gasteiger partial charge < -0.3 is 24.5 Å². The Bertz CT molecular complexity index is 796. The fourth-order valence-electron chi connectivity index (χ4n) is 2.11. The number of fused-ring (bicyclic) bond motifs is 1. The van der Waals surface area contributed by atoms with E-state index in [1.54, 1.807) is 6.92 Å². The molecule has 1 aromatic heterocycles. The second-order valence-corrected chi connectivity index (χ2v) is 5.90. The highest BCUT2D eigenvalue weighted by atomic mass is 32.2. The first-order chi connectivity index (χ1) is 10.8. The number of methoxy groups -OCH3 is 1. The van der Waals surface area contributed by atoms with Gasteiger partial charge in [0, 0.05) is 29.2 Å². The van der Waals surface area contributed by atoms with Crippen molar-refractivity contribution in [2.24, 2.45) is 0 Å². The fraction of sp³-hybridized carbons (Fsp3) is 0.333. The molecule has 0 fully saturated rings. The van der Waals surface area contributed by atoms with E-state index in [2.05, 4.69) is 0 Å². The minimum atomic E-state index is -1.50. The second kappa shape index (κ2) is 6.93. The SMILES string of the molecule is COc1cc2oc(C)cc(=O)c2c(O)c1CSC[C@H](O)C(=O)O. The normalized spacial score (nSPS) is 12.3. The van der Waals surface area contributed by atoms with Crippen LogP contribution in [0.25, 0.3) is 11.0 Å². The van der Waals surface area contributed by atoms with Gasteiger partial charge in [0.15, 0.2) is 11.5 Å². The second-order valence-electron chi connectivity index (χ2n) is 4.87. The van der Waals surface area contributed by atoms with Gasteiger partial charge >= 0.3 is 5.97 Å². The smallest absolute Gasteiger partial charge is 0.333 e. The molecule has 0 spiro atoms. The molecule has 3 N–H and O–H groups in total. The van der Waals surface area contributed by atoms with Crippen LogP contribution in [0.4, 0.5) is 0 Å². The summed E-state index contributed by atoms with van der Waals surface area (Å²) >= 11 is 1.10. The quantitative estimate of drug-likeness (QED) is 0.724. The largest absolute Gasteiger partial charge is 0.507 e. The zero-order valence-electron chi connectivity index (χ0n) is 12.5. The first kappa shape index (κ1) is 17.2. The monoisotopic (exact) mass is 340 g/mol. The highest BCUT2D eigenvalue weighted by molar-refractivity contribution is 7.98. The number of ether oxygens (including phenoxy) is 1. The van der Waals surface area contributed by atoms with Crippen LogP contribution in [0.3, 0.4) is 0 Å². The third-order valence-electron chi connectivity index (χ3n) is 3.21. The number of aliphatic hydroxyl groups is 1. The summed E-state index contributed by atoms with van der Waals surface area (Å²) in [6.45, 7) is 1.63. The van der Waals surface area contributed by atoms with Gasteiger partial charge in [-0.2, -0.15) is 11.8 Å². The Hall–Kier alpha value is -2.19. The lowest BCUT2D eigenvalue weighted by Gasteiger charge is -2.13. The number of aliphatic hydroxyl groups excluding tert-OH is 1. The number of hydrogen-bond acceptors (Lipinski definition) is 7. The van der Waals surface area contributed by atoms with Gasteiger partial charge in [-0.1, -0.05) is 0 Å². The van der Waals surface area contributed by atoms with E-state index >= 15 is 0 Å². The molecule has 0 bridgehead atoms. The van der Waals surface area contributed by atoms with Crippen molar-refractivity contribution < 1.29 is 29.3 Å². The zero-order chi connectivity index (χ0) is 17.1. The molecular formula is C15H16O7S. The van der Waals surface area contributed by atoms with Gasteiger partial charge in [0.05, 0.1) is 7.11 Å². The minimum Gasteiger partial charge on any atom is -0.507 e. The third kappa shape index (κ3) is 3.59. The Morgan fingerprint density at radius 2 is 2.13 bits per heavy atom. The molecule has 0 aliphatic rings. The molecule has 1 aromatic carbocycles. The molecule has 1 heterocycles. The van der Waals surface area contributed by atoms with Crippen LogP contribution in [-0.4, -0.2) is 40.3 Å². The predicted molar refractivity (Wildman–Crippen MR) is 85.2 cm³/mol. The summed E-state index contributed by atoms with van der Waals surface area (Å²) in [6, 6.07) is 2.78. The summed E-state index contributed by atoms with van der Waals surface area (Å²) in [7, 11) is 1.41. The van der Waals surface area contributed by atoms with Crippen LogP contribution in [0.1, 0.15) is 11.3 Å². The van der Waals surface area contributed by atoms with Gasteiger partial charge in [0.1, 0.15) is 28.2 Å². The van der Waals surface area contributed by atoms with E-state index in [-0.39, 0.29) is 33.7 Å². The lowest BCUT2D eigenvalue weighted by Crippen LogP contribution is -2.21. The van der Waals surface area contributed by atoms with Crippen molar-refractivity contribution in [1.82, 2.24) is 0 Å². The summed E-state index contributed by atoms with van der Waals surface area (Å²) in [4.78, 5) is 22.7. The lowest BCUT2D eigenvalue weighted by atomic mass is 10.1.